The maximum atomic E-state index is 12.1. The predicted molar refractivity (Wildman–Crippen MR) is 87.3 cm³/mol. The number of carbonyl (C=O) groups is 1. The van der Waals surface area contributed by atoms with Gasteiger partial charge in [0.25, 0.3) is 10.2 Å². The van der Waals surface area contributed by atoms with Gasteiger partial charge in [0.2, 0.25) is 5.91 Å². The second-order valence-corrected chi connectivity index (χ2v) is 7.62. The highest BCUT2D eigenvalue weighted by molar-refractivity contribution is 7.86. The molecule has 0 aromatic heterocycles. The first-order chi connectivity index (χ1) is 10.9. The highest BCUT2D eigenvalue weighted by Gasteiger charge is 2.29. The second kappa shape index (κ2) is 7.76. The van der Waals surface area contributed by atoms with Crippen LogP contribution in [0, 0.1) is 0 Å². The largest absolute Gasteiger partial charge is 0.493 e. The summed E-state index contributed by atoms with van der Waals surface area (Å²) in [4.78, 5) is 13.8. The van der Waals surface area contributed by atoms with Crippen LogP contribution in [0.5, 0.6) is 5.75 Å². The Morgan fingerprint density at radius 1 is 1.13 bits per heavy atom. The van der Waals surface area contributed by atoms with Crippen molar-refractivity contribution in [1.82, 2.24) is 13.5 Å². The van der Waals surface area contributed by atoms with Gasteiger partial charge in [-0.15, -0.1) is 0 Å². The minimum Gasteiger partial charge on any atom is -0.493 e. The van der Waals surface area contributed by atoms with Crippen molar-refractivity contribution >= 4 is 16.1 Å². The average Bonchev–Trinajstić information content (AvgIpc) is 2.55. The first kappa shape index (κ1) is 17.7. The Labute approximate surface area is 137 Å². The van der Waals surface area contributed by atoms with E-state index < -0.39 is 10.2 Å². The lowest BCUT2D eigenvalue weighted by Crippen LogP contribution is -2.53. The van der Waals surface area contributed by atoms with Crippen LogP contribution < -0.4 is 4.74 Å². The molecule has 1 aromatic rings. The maximum Gasteiger partial charge on any atom is 0.281 e. The molecule has 0 N–H and O–H groups in total. The standard InChI is InChI=1S/C15H23N3O4S/c1-16(2)23(20,21)18-11-9-17(10-12-18)15(19)8-13-22-14-6-4-3-5-7-14/h3-7H,8-13H2,1-2H3. The number of amides is 1. The molecule has 0 radical (unpaired) electrons. The van der Waals surface area contributed by atoms with Gasteiger partial charge in [0, 0.05) is 40.3 Å². The zero-order chi connectivity index (χ0) is 16.9. The van der Waals surface area contributed by atoms with E-state index in [1.54, 1.807) is 4.90 Å². The first-order valence-electron chi connectivity index (χ1n) is 7.54. The number of para-hydroxylation sites is 1. The van der Waals surface area contributed by atoms with Gasteiger partial charge in [0.1, 0.15) is 5.75 Å². The van der Waals surface area contributed by atoms with Crippen LogP contribution in [-0.4, -0.2) is 74.7 Å². The number of piperazine rings is 1. The molecule has 1 aliphatic rings. The molecular formula is C15H23N3O4S. The van der Waals surface area contributed by atoms with E-state index in [4.69, 9.17) is 4.74 Å². The summed E-state index contributed by atoms with van der Waals surface area (Å²) in [6.45, 7) is 1.80. The van der Waals surface area contributed by atoms with Crippen molar-refractivity contribution < 1.29 is 17.9 Å². The zero-order valence-corrected chi connectivity index (χ0v) is 14.3. The van der Waals surface area contributed by atoms with Crippen LogP contribution >= 0.6 is 0 Å². The maximum absolute atomic E-state index is 12.1. The van der Waals surface area contributed by atoms with Gasteiger partial charge in [-0.05, 0) is 12.1 Å². The molecular weight excluding hydrogens is 318 g/mol. The summed E-state index contributed by atoms with van der Waals surface area (Å²) >= 11 is 0. The number of benzene rings is 1. The van der Waals surface area contributed by atoms with Crippen LogP contribution in [0.4, 0.5) is 0 Å². The van der Waals surface area contributed by atoms with Crippen LogP contribution in [0.1, 0.15) is 6.42 Å². The van der Waals surface area contributed by atoms with Crippen LogP contribution in [0.25, 0.3) is 0 Å². The van der Waals surface area contributed by atoms with Gasteiger partial charge >= 0.3 is 0 Å². The zero-order valence-electron chi connectivity index (χ0n) is 13.5. The topological polar surface area (TPSA) is 70.2 Å². The van der Waals surface area contributed by atoms with Gasteiger partial charge in [-0.2, -0.15) is 17.0 Å². The van der Waals surface area contributed by atoms with E-state index in [2.05, 4.69) is 0 Å². The molecule has 1 heterocycles. The lowest BCUT2D eigenvalue weighted by atomic mass is 10.3. The third-order valence-corrected chi connectivity index (χ3v) is 5.65. The molecule has 7 nitrogen and oxygen atoms in total. The Hall–Kier alpha value is -1.64. The predicted octanol–water partition coefficient (Wildman–Crippen LogP) is 0.406. The molecule has 23 heavy (non-hydrogen) atoms. The Bertz CT molecular complexity index is 611. The Kier molecular flexibility index (Phi) is 5.97. The summed E-state index contributed by atoms with van der Waals surface area (Å²) in [7, 11) is -0.383. The van der Waals surface area contributed by atoms with Crippen molar-refractivity contribution in [2.75, 3.05) is 46.9 Å². The van der Waals surface area contributed by atoms with Crippen molar-refractivity contribution in [2.45, 2.75) is 6.42 Å². The molecule has 1 aromatic carbocycles. The second-order valence-electron chi connectivity index (χ2n) is 5.48. The molecule has 2 rings (SSSR count). The minimum absolute atomic E-state index is 0.0113. The van der Waals surface area contributed by atoms with Gasteiger partial charge in [-0.25, -0.2) is 0 Å². The fourth-order valence-electron chi connectivity index (χ4n) is 2.33. The smallest absolute Gasteiger partial charge is 0.281 e. The lowest BCUT2D eigenvalue weighted by molar-refractivity contribution is -0.132. The fourth-order valence-corrected chi connectivity index (χ4v) is 3.42. The first-order valence-corrected chi connectivity index (χ1v) is 8.94. The normalized spacial score (nSPS) is 16.6. The highest BCUT2D eigenvalue weighted by Crippen LogP contribution is 2.12. The van der Waals surface area contributed by atoms with Crippen LogP contribution in [0.2, 0.25) is 0 Å². The number of hydrogen-bond acceptors (Lipinski definition) is 4. The monoisotopic (exact) mass is 341 g/mol. The summed E-state index contributed by atoms with van der Waals surface area (Å²) in [6, 6.07) is 9.34. The Balaban J connectivity index is 1.76. The Morgan fingerprint density at radius 3 is 2.30 bits per heavy atom. The molecule has 0 unspecified atom stereocenters. The molecule has 8 heteroatoms. The van der Waals surface area contributed by atoms with E-state index in [0.717, 1.165) is 5.75 Å². The van der Waals surface area contributed by atoms with E-state index in [1.165, 1.54) is 22.7 Å². The summed E-state index contributed by atoms with van der Waals surface area (Å²) < 4.78 is 32.1. The summed E-state index contributed by atoms with van der Waals surface area (Å²) in [5, 5.41) is 0. The van der Waals surface area contributed by atoms with Gasteiger partial charge in [0.05, 0.1) is 13.0 Å². The Morgan fingerprint density at radius 2 is 1.74 bits per heavy atom. The SMILES string of the molecule is CN(C)S(=O)(=O)N1CCN(C(=O)CCOc2ccccc2)CC1. The number of carbonyl (C=O) groups excluding carboxylic acids is 1. The highest BCUT2D eigenvalue weighted by atomic mass is 32.2. The van der Waals surface area contributed by atoms with Crippen LogP contribution in [0.3, 0.4) is 0 Å². The third-order valence-electron chi connectivity index (χ3n) is 3.71. The van der Waals surface area contributed by atoms with Crippen LogP contribution in [0.15, 0.2) is 30.3 Å². The van der Waals surface area contributed by atoms with Gasteiger partial charge in [-0.3, -0.25) is 4.79 Å². The van der Waals surface area contributed by atoms with Crippen molar-refractivity contribution in [1.29, 1.82) is 0 Å². The van der Waals surface area contributed by atoms with Gasteiger partial charge in [-0.1, -0.05) is 18.2 Å². The van der Waals surface area contributed by atoms with Crippen molar-refractivity contribution in [2.24, 2.45) is 0 Å². The number of nitrogens with zero attached hydrogens (tertiary/aromatic N) is 3. The van der Waals surface area contributed by atoms with Crippen molar-refractivity contribution in [3.63, 3.8) is 0 Å². The van der Waals surface area contributed by atoms with Crippen molar-refractivity contribution in [3.05, 3.63) is 30.3 Å². The van der Waals surface area contributed by atoms with E-state index in [9.17, 15) is 13.2 Å². The molecule has 0 saturated carbocycles. The van der Waals surface area contributed by atoms with Crippen LogP contribution in [-0.2, 0) is 15.0 Å². The average molecular weight is 341 g/mol. The molecule has 1 amide bonds. The molecule has 0 aliphatic carbocycles. The third kappa shape index (κ3) is 4.66. The van der Waals surface area contributed by atoms with E-state index >= 15 is 0 Å². The van der Waals surface area contributed by atoms with E-state index in [-0.39, 0.29) is 12.3 Å². The van der Waals surface area contributed by atoms with E-state index in [0.29, 0.717) is 32.8 Å². The van der Waals surface area contributed by atoms with Gasteiger partial charge in [0.15, 0.2) is 0 Å². The van der Waals surface area contributed by atoms with Crippen molar-refractivity contribution in [3.8, 4) is 5.75 Å². The molecule has 0 atom stereocenters. The number of hydrogen-bond donors (Lipinski definition) is 0. The molecule has 1 saturated heterocycles. The molecule has 128 valence electrons. The molecule has 1 fully saturated rings. The molecule has 1 aliphatic heterocycles. The van der Waals surface area contributed by atoms with E-state index in [1.807, 2.05) is 30.3 Å². The number of rotatable bonds is 6. The quantitative estimate of drug-likeness (QED) is 0.751. The number of ether oxygens (including phenoxy) is 1. The molecule has 0 bridgehead atoms. The summed E-state index contributed by atoms with van der Waals surface area (Å²) in [5.41, 5.74) is 0. The fraction of sp³-hybridized carbons (Fsp3) is 0.533. The lowest BCUT2D eigenvalue weighted by Gasteiger charge is -2.35. The van der Waals surface area contributed by atoms with Gasteiger partial charge < -0.3 is 9.64 Å². The minimum atomic E-state index is -3.40. The molecule has 0 spiro atoms. The summed E-state index contributed by atoms with van der Waals surface area (Å²) in [6.07, 6.45) is 0.287. The summed E-state index contributed by atoms with van der Waals surface area (Å²) in [5.74, 6) is 0.727.